The van der Waals surface area contributed by atoms with Gasteiger partial charge in [-0.15, -0.1) is 11.3 Å². The fourth-order valence-electron chi connectivity index (χ4n) is 4.29. The van der Waals surface area contributed by atoms with Gasteiger partial charge in [0.1, 0.15) is 0 Å². The molecule has 1 aliphatic carbocycles. The fraction of sp³-hybridized carbons (Fsp3) is 0.500. The Morgan fingerprint density at radius 1 is 1.15 bits per heavy atom. The minimum atomic E-state index is 0.229. The minimum absolute atomic E-state index is 0.229. The summed E-state index contributed by atoms with van der Waals surface area (Å²) in [6, 6.07) is 5.96. The molecule has 27 heavy (non-hydrogen) atoms. The number of thiazole rings is 2. The predicted octanol–water partition coefficient (Wildman–Crippen LogP) is 4.89. The smallest absolute Gasteiger partial charge is 0.289 e. The van der Waals surface area contributed by atoms with Gasteiger partial charge in [-0.3, -0.25) is 14.3 Å². The number of piperidine rings is 1. The molecule has 2 aliphatic rings. The molecule has 142 valence electrons. The van der Waals surface area contributed by atoms with Gasteiger partial charge in [-0.25, -0.2) is 4.98 Å². The standard InChI is InChI=1S/C20H22ClN3OS2/c21-14-5-6-17-15(11-14)22-19(26-17)13-7-9-23(10-8-13)12-24-16-3-1-2-4-18(16)27-20(24)25/h5-6,11,13H,1-4,7-10,12H2. The molecule has 0 amide bonds. The Bertz CT molecular complexity index is 1030. The first kappa shape index (κ1) is 17.9. The molecule has 0 unspecified atom stereocenters. The highest BCUT2D eigenvalue weighted by Crippen LogP contribution is 2.35. The van der Waals surface area contributed by atoms with Crippen molar-refractivity contribution in [2.75, 3.05) is 13.1 Å². The molecule has 7 heteroatoms. The Labute approximate surface area is 171 Å². The molecule has 1 fully saturated rings. The van der Waals surface area contributed by atoms with Crippen molar-refractivity contribution in [2.45, 2.75) is 51.1 Å². The SMILES string of the molecule is O=c1sc2c(n1CN1CCC(c3nc4cc(Cl)ccc4s3)CC1)CCCC2. The number of fused-ring (bicyclic) bond motifs is 2. The number of nitrogens with zero attached hydrogens (tertiary/aromatic N) is 3. The van der Waals surface area contributed by atoms with Crippen molar-refractivity contribution in [3.05, 3.63) is 48.5 Å². The van der Waals surface area contributed by atoms with Crippen LogP contribution in [0.5, 0.6) is 0 Å². The number of benzene rings is 1. The zero-order valence-corrected chi connectivity index (χ0v) is 17.5. The maximum Gasteiger partial charge on any atom is 0.308 e. The molecule has 0 radical (unpaired) electrons. The number of aryl methyl sites for hydroxylation is 1. The van der Waals surface area contributed by atoms with E-state index in [4.69, 9.17) is 16.6 Å². The lowest BCUT2D eigenvalue weighted by Gasteiger charge is -2.31. The first-order chi connectivity index (χ1) is 13.2. The molecule has 0 bridgehead atoms. The van der Waals surface area contributed by atoms with Crippen molar-refractivity contribution in [3.63, 3.8) is 0 Å². The van der Waals surface area contributed by atoms with Gasteiger partial charge in [0.25, 0.3) is 0 Å². The van der Waals surface area contributed by atoms with Crippen LogP contribution in [-0.2, 0) is 19.5 Å². The monoisotopic (exact) mass is 419 g/mol. The van der Waals surface area contributed by atoms with E-state index in [-0.39, 0.29) is 4.87 Å². The predicted molar refractivity (Wildman–Crippen MR) is 113 cm³/mol. The van der Waals surface area contributed by atoms with Gasteiger partial charge in [0.15, 0.2) is 0 Å². The summed E-state index contributed by atoms with van der Waals surface area (Å²) < 4.78 is 3.26. The average molecular weight is 420 g/mol. The van der Waals surface area contributed by atoms with Gasteiger partial charge in [0, 0.05) is 34.6 Å². The third-order valence-corrected chi connectivity index (χ3v) is 8.31. The largest absolute Gasteiger partial charge is 0.308 e. The molecule has 4 nitrogen and oxygen atoms in total. The number of likely N-dealkylation sites (tertiary alicyclic amines) is 1. The van der Waals surface area contributed by atoms with E-state index in [1.165, 1.54) is 44.5 Å². The van der Waals surface area contributed by atoms with Crippen LogP contribution in [-0.4, -0.2) is 27.5 Å². The molecule has 2 aromatic heterocycles. The van der Waals surface area contributed by atoms with Crippen molar-refractivity contribution in [3.8, 4) is 0 Å². The number of hydrogen-bond acceptors (Lipinski definition) is 5. The molecule has 0 N–H and O–H groups in total. The van der Waals surface area contributed by atoms with E-state index in [0.29, 0.717) is 5.92 Å². The van der Waals surface area contributed by atoms with Gasteiger partial charge in [0.05, 0.1) is 21.9 Å². The van der Waals surface area contributed by atoms with Crippen LogP contribution in [0, 0.1) is 0 Å². The summed E-state index contributed by atoms with van der Waals surface area (Å²) in [4.78, 5) is 21.3. The van der Waals surface area contributed by atoms with Crippen molar-refractivity contribution < 1.29 is 0 Å². The first-order valence-corrected chi connectivity index (χ1v) is 11.7. The van der Waals surface area contributed by atoms with Crippen LogP contribution in [0.2, 0.25) is 5.02 Å². The van der Waals surface area contributed by atoms with Gasteiger partial charge < -0.3 is 0 Å². The summed E-state index contributed by atoms with van der Waals surface area (Å²) in [5.41, 5.74) is 2.32. The molecular formula is C20H22ClN3OS2. The van der Waals surface area contributed by atoms with Crippen LogP contribution in [0.4, 0.5) is 0 Å². The summed E-state index contributed by atoms with van der Waals surface area (Å²) in [7, 11) is 0. The highest BCUT2D eigenvalue weighted by molar-refractivity contribution is 7.18. The Hall–Kier alpha value is -1.21. The molecule has 1 aliphatic heterocycles. The van der Waals surface area contributed by atoms with Crippen molar-refractivity contribution >= 4 is 44.5 Å². The average Bonchev–Trinajstić information content (AvgIpc) is 3.23. The van der Waals surface area contributed by atoms with Crippen molar-refractivity contribution in [1.82, 2.24) is 14.5 Å². The minimum Gasteiger partial charge on any atom is -0.289 e. The molecule has 3 aromatic rings. The quantitative estimate of drug-likeness (QED) is 0.606. The highest BCUT2D eigenvalue weighted by atomic mass is 35.5. The molecule has 5 rings (SSSR count). The molecule has 1 aromatic carbocycles. The second kappa shape index (κ2) is 7.32. The maximum atomic E-state index is 12.4. The zero-order valence-electron chi connectivity index (χ0n) is 15.1. The van der Waals surface area contributed by atoms with Gasteiger partial charge in [0.2, 0.25) is 0 Å². The number of hydrogen-bond donors (Lipinski definition) is 0. The molecule has 3 heterocycles. The van der Waals surface area contributed by atoms with Crippen molar-refractivity contribution in [2.24, 2.45) is 0 Å². The number of rotatable bonds is 3. The molecule has 1 saturated heterocycles. The zero-order chi connectivity index (χ0) is 18.4. The van der Waals surface area contributed by atoms with Crippen LogP contribution in [0.25, 0.3) is 10.2 Å². The Morgan fingerprint density at radius 2 is 1.96 bits per heavy atom. The Morgan fingerprint density at radius 3 is 2.81 bits per heavy atom. The van der Waals surface area contributed by atoms with E-state index in [9.17, 15) is 4.79 Å². The summed E-state index contributed by atoms with van der Waals surface area (Å²) in [6.07, 6.45) is 6.81. The highest BCUT2D eigenvalue weighted by Gasteiger charge is 2.25. The van der Waals surface area contributed by atoms with Gasteiger partial charge in [-0.05, 0) is 56.7 Å². The van der Waals surface area contributed by atoms with Gasteiger partial charge in [-0.1, -0.05) is 22.9 Å². The van der Waals surface area contributed by atoms with Crippen LogP contribution in [0.15, 0.2) is 23.0 Å². The van der Waals surface area contributed by atoms with E-state index >= 15 is 0 Å². The van der Waals surface area contributed by atoms with Gasteiger partial charge in [-0.2, -0.15) is 0 Å². The van der Waals surface area contributed by atoms with Crippen molar-refractivity contribution in [1.29, 1.82) is 0 Å². The Kier molecular flexibility index (Phi) is 4.84. The number of aromatic nitrogens is 2. The van der Waals surface area contributed by atoms with Crippen LogP contribution < -0.4 is 4.87 Å². The van der Waals surface area contributed by atoms with E-state index in [0.717, 1.165) is 56.0 Å². The summed E-state index contributed by atoms with van der Waals surface area (Å²) in [5.74, 6) is 0.519. The second-order valence-electron chi connectivity index (χ2n) is 7.57. The lowest BCUT2D eigenvalue weighted by Crippen LogP contribution is -2.37. The lowest BCUT2D eigenvalue weighted by atomic mass is 9.98. The van der Waals surface area contributed by atoms with E-state index in [2.05, 4.69) is 11.0 Å². The second-order valence-corrected chi connectivity index (χ2v) is 10.1. The van der Waals surface area contributed by atoms with Crippen LogP contribution >= 0.6 is 34.3 Å². The maximum absolute atomic E-state index is 12.4. The third-order valence-electron chi connectivity index (χ3n) is 5.79. The third kappa shape index (κ3) is 3.48. The van der Waals surface area contributed by atoms with Crippen LogP contribution in [0.1, 0.15) is 47.2 Å². The molecule has 0 spiro atoms. The van der Waals surface area contributed by atoms with E-state index in [1.54, 1.807) is 11.3 Å². The molecular weight excluding hydrogens is 398 g/mol. The van der Waals surface area contributed by atoms with E-state index < -0.39 is 0 Å². The lowest BCUT2D eigenvalue weighted by molar-refractivity contribution is 0.166. The van der Waals surface area contributed by atoms with Gasteiger partial charge >= 0.3 is 4.87 Å². The fourth-order valence-corrected chi connectivity index (χ4v) is 6.63. The topological polar surface area (TPSA) is 38.1 Å². The summed E-state index contributed by atoms with van der Waals surface area (Å²) in [6.45, 7) is 2.81. The summed E-state index contributed by atoms with van der Waals surface area (Å²) in [5, 5.41) is 1.98. The first-order valence-electron chi connectivity index (χ1n) is 9.67. The normalized spacial score (nSPS) is 18.9. The molecule has 0 saturated carbocycles. The molecule has 0 atom stereocenters. The van der Waals surface area contributed by atoms with Crippen LogP contribution in [0.3, 0.4) is 0 Å². The number of halogens is 1. The summed E-state index contributed by atoms with van der Waals surface area (Å²) >= 11 is 9.36. The van der Waals surface area contributed by atoms with E-state index in [1.807, 2.05) is 16.7 Å². The Balaban J connectivity index is 1.27.